The molecule has 0 aliphatic carbocycles. The van der Waals surface area contributed by atoms with E-state index in [2.05, 4.69) is 26.0 Å². The summed E-state index contributed by atoms with van der Waals surface area (Å²) in [6, 6.07) is 67.9. The first-order valence-electron chi connectivity index (χ1n) is 33.0. The minimum Gasteiger partial charge on any atom is -0.496 e. The average molecular weight is 1670 g/mol. The molecule has 0 radical (unpaired) electrons. The van der Waals surface area contributed by atoms with Gasteiger partial charge in [-0.25, -0.2) is 24.0 Å². The molecule has 0 heterocycles. The Morgan fingerprint density at radius 2 is 0.523 bits per heavy atom. The molecule has 11 aromatic carbocycles. The van der Waals surface area contributed by atoms with Crippen LogP contribution in [0.15, 0.2) is 235 Å². The lowest BCUT2D eigenvalue weighted by molar-refractivity contribution is -0.141. The largest absolute Gasteiger partial charge is 0.496 e. The highest BCUT2D eigenvalue weighted by Gasteiger charge is 2.19. The van der Waals surface area contributed by atoms with Crippen molar-refractivity contribution in [2.45, 2.75) is 6.92 Å². The Bertz CT molecular complexity index is 4770. The molecule has 1 amide bonds. The van der Waals surface area contributed by atoms with Crippen molar-refractivity contribution in [2.75, 3.05) is 77.1 Å². The molecule has 576 valence electrons. The second-order valence-electron chi connectivity index (χ2n) is 22.5. The predicted molar refractivity (Wildman–Crippen MR) is 435 cm³/mol. The Morgan fingerprint density at radius 3 is 0.766 bits per heavy atom. The summed E-state index contributed by atoms with van der Waals surface area (Å²) in [4.78, 5) is 79.8. The maximum atomic E-state index is 12.2. The number of hydrogen-bond acceptors (Lipinski definition) is 17. The van der Waals surface area contributed by atoms with Crippen molar-refractivity contribution < 1.29 is 91.1 Å². The first-order chi connectivity index (χ1) is 53.3. The van der Waals surface area contributed by atoms with E-state index in [0.29, 0.717) is 81.9 Å². The maximum Gasteiger partial charge on any atom is 0.341 e. The second kappa shape index (κ2) is 44.8. The molecule has 111 heavy (non-hydrogen) atoms. The van der Waals surface area contributed by atoms with Gasteiger partial charge in [0.05, 0.1) is 76.2 Å². The fourth-order valence-corrected chi connectivity index (χ4v) is 11.0. The summed E-state index contributed by atoms with van der Waals surface area (Å²) >= 11 is 32.5. The van der Waals surface area contributed by atoms with Crippen LogP contribution in [0.4, 0.5) is 0 Å². The van der Waals surface area contributed by atoms with Crippen LogP contribution in [-0.4, -0.2) is 129 Å². The van der Waals surface area contributed by atoms with E-state index in [1.165, 1.54) is 76.1 Å². The highest BCUT2D eigenvalue weighted by Crippen LogP contribution is 2.35. The molecule has 0 bridgehead atoms. The highest BCUT2D eigenvalue weighted by atomic mass is 79.9. The van der Waals surface area contributed by atoms with Gasteiger partial charge in [0, 0.05) is 29.6 Å². The normalized spacial score (nSPS) is 10.0. The summed E-state index contributed by atoms with van der Waals surface area (Å²) in [5, 5.41) is 23.8. The molecule has 11 aromatic rings. The van der Waals surface area contributed by atoms with E-state index in [-0.39, 0.29) is 24.3 Å². The fraction of sp³-hybridized carbons (Fsp3) is 0.141. The minimum absolute atomic E-state index is 0.148. The zero-order chi connectivity index (χ0) is 81.3. The molecular weight excluding hydrogens is 1600 g/mol. The lowest BCUT2D eigenvalue weighted by Gasteiger charge is -2.11. The minimum atomic E-state index is -1.01. The van der Waals surface area contributed by atoms with Gasteiger partial charge in [-0.3, -0.25) is 9.59 Å². The number of ether oxygens (including phenoxy) is 10. The summed E-state index contributed by atoms with van der Waals surface area (Å²) in [6.07, 6.45) is 0. The van der Waals surface area contributed by atoms with Crippen LogP contribution in [0.25, 0.3) is 55.6 Å². The second-order valence-corrected chi connectivity index (χ2v) is 25.6. The van der Waals surface area contributed by atoms with E-state index < -0.39 is 41.7 Å². The number of halogens is 6. The zero-order valence-electron chi connectivity index (χ0n) is 61.5. The van der Waals surface area contributed by atoms with Crippen LogP contribution in [0.1, 0.15) is 69.1 Å². The van der Waals surface area contributed by atoms with Crippen LogP contribution >= 0.6 is 73.9 Å². The Balaban J connectivity index is 0.000000209. The van der Waals surface area contributed by atoms with Gasteiger partial charge >= 0.3 is 35.8 Å². The molecule has 3 N–H and O–H groups in total. The molecule has 0 aliphatic rings. The number of aromatic carboxylic acids is 2. The molecule has 0 aromatic heterocycles. The summed E-state index contributed by atoms with van der Waals surface area (Å²) in [7, 11) is 13.0. The number of carbonyl (C=O) groups excluding carboxylic acids is 5. The van der Waals surface area contributed by atoms with E-state index in [9.17, 15) is 33.6 Å². The third kappa shape index (κ3) is 26.3. The van der Waals surface area contributed by atoms with Gasteiger partial charge in [0.25, 0.3) is 5.91 Å². The molecule has 0 atom stereocenters. The van der Waals surface area contributed by atoms with Crippen LogP contribution in [0.3, 0.4) is 0 Å². The third-order valence-electron chi connectivity index (χ3n) is 15.7. The summed E-state index contributed by atoms with van der Waals surface area (Å²) < 4.78 is 50.6. The van der Waals surface area contributed by atoms with Gasteiger partial charge in [0.2, 0.25) is 0 Å². The highest BCUT2D eigenvalue weighted by molar-refractivity contribution is 9.10. The van der Waals surface area contributed by atoms with Crippen LogP contribution in [0.5, 0.6) is 34.5 Å². The van der Waals surface area contributed by atoms with Crippen molar-refractivity contribution in [1.82, 2.24) is 5.32 Å². The van der Waals surface area contributed by atoms with Crippen LogP contribution < -0.4 is 33.7 Å². The van der Waals surface area contributed by atoms with Crippen LogP contribution in [0.2, 0.25) is 25.1 Å². The maximum absolute atomic E-state index is 12.2. The van der Waals surface area contributed by atoms with Crippen LogP contribution in [-0.2, 0) is 23.7 Å². The van der Waals surface area contributed by atoms with E-state index in [1.54, 1.807) is 122 Å². The summed E-state index contributed by atoms with van der Waals surface area (Å²) in [5.74, 6) is -1.55. The van der Waals surface area contributed by atoms with Gasteiger partial charge in [-0.15, -0.1) is 0 Å². The van der Waals surface area contributed by atoms with E-state index in [4.69, 9.17) is 111 Å². The molecule has 11 rings (SSSR count). The van der Waals surface area contributed by atoms with Crippen molar-refractivity contribution in [3.63, 3.8) is 0 Å². The number of carboxylic acid groups (broad SMARTS) is 2. The molecule has 0 spiro atoms. The van der Waals surface area contributed by atoms with Gasteiger partial charge in [0.15, 0.2) is 0 Å². The number of carbonyl (C=O) groups is 7. The summed E-state index contributed by atoms with van der Waals surface area (Å²) in [6.45, 7) is 1.79. The molecule has 20 nitrogen and oxygen atoms in total. The molecule has 0 saturated heterocycles. The average Bonchev–Trinajstić information content (AvgIpc) is 0.847. The van der Waals surface area contributed by atoms with Crippen LogP contribution in [0, 0.1) is 0 Å². The number of esters is 4. The Kier molecular flexibility index (Phi) is 35.7. The van der Waals surface area contributed by atoms with Gasteiger partial charge in [-0.05, 0) is 202 Å². The summed E-state index contributed by atoms with van der Waals surface area (Å²) in [5.41, 5.74) is 11.3. The first kappa shape index (κ1) is 88.3. The van der Waals surface area contributed by atoms with Crippen molar-refractivity contribution in [2.24, 2.45) is 0 Å². The first-order valence-corrected chi connectivity index (χ1v) is 35.6. The zero-order valence-corrected chi connectivity index (χ0v) is 66.8. The lowest BCUT2D eigenvalue weighted by Crippen LogP contribution is -2.30. The molecule has 26 heteroatoms. The van der Waals surface area contributed by atoms with Gasteiger partial charge < -0.3 is 62.9 Å². The van der Waals surface area contributed by atoms with Crippen molar-refractivity contribution in [1.29, 1.82) is 0 Å². The number of rotatable bonds is 20. The standard InChI is InChI=1S/C18H18ClNO4.2C15H13ClO3.2C14H11ClO3.C9H9BrO3/c1-3-24-17(21)11-20-18(22)15-9-6-13(10-16(15)23-2)12-4-7-14(19)8-5-12;2*1-18-14-9-11(5-8-13(14)15(17)19-2)10-3-6-12(16)7-4-10;2*1-18-13-8-10(4-7-12(13)14(16)17)9-2-5-11(15)6-3-9;1-12-8-5-6(10)3-4-7(8)9(11)13-2/h4-10H,3,11H2,1-2H3,(H,20,22);2*3-9H,1-2H3;2*2-8H,1H3,(H,16,17);3-5H,1-2H3. The number of amides is 1. The molecule has 0 unspecified atom stereocenters. The molecule has 0 aliphatic heterocycles. The number of carboxylic acids is 2. The third-order valence-corrected chi connectivity index (χ3v) is 17.4. The Labute approximate surface area is 675 Å². The number of hydrogen-bond donors (Lipinski definition) is 3. The molecule has 0 fully saturated rings. The van der Waals surface area contributed by atoms with E-state index in [1.807, 2.05) is 103 Å². The number of nitrogens with one attached hydrogen (secondary N) is 1. The smallest absolute Gasteiger partial charge is 0.341 e. The quantitative estimate of drug-likeness (QED) is 0.0473. The van der Waals surface area contributed by atoms with Crippen molar-refractivity contribution in [3.8, 4) is 90.1 Å². The predicted octanol–water partition coefficient (Wildman–Crippen LogP) is 20.6. The molecule has 0 saturated carbocycles. The number of methoxy groups -OCH3 is 9. The Morgan fingerprint density at radius 1 is 0.306 bits per heavy atom. The number of benzene rings is 11. The van der Waals surface area contributed by atoms with E-state index >= 15 is 0 Å². The van der Waals surface area contributed by atoms with Gasteiger partial charge in [-0.1, -0.05) is 165 Å². The van der Waals surface area contributed by atoms with Gasteiger partial charge in [0.1, 0.15) is 68.9 Å². The van der Waals surface area contributed by atoms with E-state index in [0.717, 1.165) is 60.1 Å². The molecular formula is C85H75BrCl5NO19. The van der Waals surface area contributed by atoms with Crippen molar-refractivity contribution >= 4 is 116 Å². The Hall–Kier alpha value is -11.6. The monoisotopic (exact) mass is 1670 g/mol. The fourth-order valence-electron chi connectivity index (χ4n) is 10.1. The lowest BCUT2D eigenvalue weighted by atomic mass is 10.0. The van der Waals surface area contributed by atoms with Crippen molar-refractivity contribution in [3.05, 3.63) is 293 Å². The van der Waals surface area contributed by atoms with Gasteiger partial charge in [-0.2, -0.15) is 0 Å². The topological polar surface area (TPSA) is 264 Å². The SMILES string of the molecule is CCOC(=O)CNC(=O)c1ccc(-c2ccc(Cl)cc2)cc1OC.COC(=O)c1ccc(-c2ccc(Cl)cc2)cc1OC.COC(=O)c1ccc(-c2ccc(Cl)cc2)cc1OC.COC(=O)c1ccc(Br)cc1OC.COc1cc(-c2ccc(Cl)cc2)ccc1C(=O)O.COc1cc(-c2ccc(Cl)cc2)ccc1C(=O)O.